The summed E-state index contributed by atoms with van der Waals surface area (Å²) in [6, 6.07) is 8.87. The number of likely N-dealkylation sites (N-methyl/N-ethyl adjacent to an activating group) is 1. The molecule has 1 saturated heterocycles. The number of aromatic nitrogens is 4. The van der Waals surface area contributed by atoms with Gasteiger partial charge in [0.1, 0.15) is 6.54 Å². The zero-order chi connectivity index (χ0) is 24.2. The quantitative estimate of drug-likeness (QED) is 0.497. The molecule has 1 aliphatic heterocycles. The first-order chi connectivity index (χ1) is 17.1. The van der Waals surface area contributed by atoms with Crippen molar-refractivity contribution in [3.05, 3.63) is 59.7 Å². The van der Waals surface area contributed by atoms with E-state index < -0.39 is 0 Å². The molecule has 1 fully saturated rings. The highest BCUT2D eigenvalue weighted by Crippen LogP contribution is 2.26. The van der Waals surface area contributed by atoms with Gasteiger partial charge in [0.15, 0.2) is 0 Å². The Kier molecular flexibility index (Phi) is 7.06. The van der Waals surface area contributed by atoms with E-state index in [2.05, 4.69) is 56.4 Å². The normalized spacial score (nSPS) is 16.9. The van der Waals surface area contributed by atoms with E-state index in [0.717, 1.165) is 62.4 Å². The van der Waals surface area contributed by atoms with Crippen LogP contribution in [0, 0.1) is 0 Å². The number of rotatable bonds is 8. The topological polar surface area (TPSA) is 88.4 Å². The molecule has 0 atom stereocenters. The van der Waals surface area contributed by atoms with Gasteiger partial charge in [-0.05, 0) is 37.9 Å². The minimum atomic E-state index is -0.291. The number of benzene rings is 1. The molecule has 1 aliphatic carbocycles. The van der Waals surface area contributed by atoms with Gasteiger partial charge in [0.25, 0.3) is 0 Å². The fourth-order valence-electron chi connectivity index (χ4n) is 4.84. The molecular weight excluding hydrogens is 442 g/mol. The smallest absolute Gasteiger partial charge is 0.327 e. The fourth-order valence-corrected chi connectivity index (χ4v) is 4.84. The second-order valence-electron chi connectivity index (χ2n) is 9.39. The average molecular weight is 476 g/mol. The highest BCUT2D eigenvalue weighted by atomic mass is 16.5. The van der Waals surface area contributed by atoms with Crippen LogP contribution >= 0.6 is 0 Å². The first-order valence-corrected chi connectivity index (χ1v) is 12.4. The van der Waals surface area contributed by atoms with Crippen molar-refractivity contribution >= 4 is 11.9 Å². The molecule has 0 amide bonds. The van der Waals surface area contributed by atoms with Crippen molar-refractivity contribution < 1.29 is 9.53 Å². The molecule has 9 heteroatoms. The van der Waals surface area contributed by atoms with E-state index in [-0.39, 0.29) is 12.5 Å². The zero-order valence-corrected chi connectivity index (χ0v) is 20.5. The van der Waals surface area contributed by atoms with Crippen LogP contribution in [0.25, 0.3) is 11.1 Å². The summed E-state index contributed by atoms with van der Waals surface area (Å²) in [5.74, 6) is 0.340. The third kappa shape index (κ3) is 5.68. The minimum Gasteiger partial charge on any atom is -0.465 e. The van der Waals surface area contributed by atoms with E-state index in [1.807, 2.05) is 25.5 Å². The van der Waals surface area contributed by atoms with E-state index in [1.54, 1.807) is 4.68 Å². The molecule has 0 radical (unpaired) electrons. The number of hydrogen-bond acceptors (Lipinski definition) is 8. The van der Waals surface area contributed by atoms with Gasteiger partial charge < -0.3 is 15.0 Å². The molecule has 0 bridgehead atoms. The molecule has 184 valence electrons. The Bertz CT molecular complexity index is 1130. The first kappa shape index (κ1) is 23.4. The Balaban J connectivity index is 1.31. The second kappa shape index (κ2) is 10.5. The first-order valence-electron chi connectivity index (χ1n) is 12.4. The number of nitrogens with zero attached hydrogens (tertiary/aromatic N) is 6. The highest BCUT2D eigenvalue weighted by Gasteiger charge is 2.22. The number of carbonyl (C=O) groups excluding carboxylic acids is 1. The van der Waals surface area contributed by atoms with Crippen LogP contribution in [0.4, 0.5) is 5.95 Å². The third-order valence-electron chi connectivity index (χ3n) is 6.75. The lowest BCUT2D eigenvalue weighted by molar-refractivity contribution is -0.144. The number of carbonyl (C=O) groups is 1. The largest absolute Gasteiger partial charge is 0.465 e. The van der Waals surface area contributed by atoms with E-state index >= 15 is 0 Å². The molecule has 1 N–H and O–H groups in total. The van der Waals surface area contributed by atoms with Gasteiger partial charge in [0.05, 0.1) is 12.3 Å². The summed E-state index contributed by atoms with van der Waals surface area (Å²) >= 11 is 0. The molecule has 1 aromatic carbocycles. The van der Waals surface area contributed by atoms with Crippen molar-refractivity contribution in [1.82, 2.24) is 29.5 Å². The van der Waals surface area contributed by atoms with E-state index in [4.69, 9.17) is 9.84 Å². The van der Waals surface area contributed by atoms with Gasteiger partial charge in [-0.1, -0.05) is 24.3 Å². The number of piperazine rings is 1. The molecule has 9 nitrogen and oxygen atoms in total. The molecule has 0 saturated carbocycles. The predicted octanol–water partition coefficient (Wildman–Crippen LogP) is 2.23. The predicted molar refractivity (Wildman–Crippen MR) is 134 cm³/mol. The molecule has 2 aliphatic rings. The fraction of sp³-hybridized carbons (Fsp3) is 0.462. The highest BCUT2D eigenvalue weighted by molar-refractivity contribution is 5.70. The minimum absolute atomic E-state index is 0.0896. The van der Waals surface area contributed by atoms with Gasteiger partial charge in [-0.15, -0.1) is 0 Å². The molecule has 0 spiro atoms. The van der Waals surface area contributed by atoms with Gasteiger partial charge in [-0.2, -0.15) is 5.10 Å². The number of ether oxygens (including phenoxy) is 1. The molecule has 35 heavy (non-hydrogen) atoms. The Morgan fingerprint density at radius 3 is 2.43 bits per heavy atom. The average Bonchev–Trinajstić information content (AvgIpc) is 3.44. The second-order valence-corrected chi connectivity index (χ2v) is 9.39. The van der Waals surface area contributed by atoms with Gasteiger partial charge in [-0.3, -0.25) is 14.4 Å². The summed E-state index contributed by atoms with van der Waals surface area (Å²) in [5, 5.41) is 8.22. The summed E-state index contributed by atoms with van der Waals surface area (Å²) < 4.78 is 6.78. The van der Waals surface area contributed by atoms with Crippen LogP contribution in [0.1, 0.15) is 23.7 Å². The lowest BCUT2D eigenvalue weighted by Gasteiger charge is -2.32. The Morgan fingerprint density at radius 1 is 1.09 bits per heavy atom. The maximum absolute atomic E-state index is 12.1. The van der Waals surface area contributed by atoms with Crippen LogP contribution in [-0.4, -0.2) is 81.4 Å². The van der Waals surface area contributed by atoms with Crippen LogP contribution in [-0.2, 0) is 35.5 Å². The van der Waals surface area contributed by atoms with Crippen molar-refractivity contribution in [1.29, 1.82) is 0 Å². The molecule has 5 rings (SSSR count). The maximum atomic E-state index is 12.1. The van der Waals surface area contributed by atoms with Crippen LogP contribution in [0.3, 0.4) is 0 Å². The molecule has 0 unspecified atom stereocenters. The number of esters is 1. The Morgan fingerprint density at radius 2 is 1.77 bits per heavy atom. The lowest BCUT2D eigenvalue weighted by Crippen LogP contribution is -2.44. The van der Waals surface area contributed by atoms with Crippen molar-refractivity contribution in [3.8, 4) is 11.1 Å². The zero-order valence-electron chi connectivity index (χ0n) is 20.5. The summed E-state index contributed by atoms with van der Waals surface area (Å²) in [6.45, 7) is 7.03. The van der Waals surface area contributed by atoms with E-state index in [9.17, 15) is 4.79 Å². The number of anilines is 1. The maximum Gasteiger partial charge on any atom is 0.327 e. The third-order valence-corrected chi connectivity index (χ3v) is 6.75. The molecule has 3 heterocycles. The van der Waals surface area contributed by atoms with Crippen LogP contribution < -0.4 is 5.32 Å². The summed E-state index contributed by atoms with van der Waals surface area (Å²) in [5.41, 5.74) is 5.56. The molecular formula is C26H33N7O2. The van der Waals surface area contributed by atoms with Crippen molar-refractivity contribution in [3.63, 3.8) is 0 Å². The van der Waals surface area contributed by atoms with Gasteiger partial charge >= 0.3 is 5.97 Å². The van der Waals surface area contributed by atoms with Crippen molar-refractivity contribution in [2.75, 3.05) is 45.2 Å². The Hall–Kier alpha value is -3.30. The van der Waals surface area contributed by atoms with Crippen molar-refractivity contribution in [2.24, 2.45) is 0 Å². The summed E-state index contributed by atoms with van der Waals surface area (Å²) in [4.78, 5) is 26.0. The number of nitrogens with one attached hydrogen (secondary N) is 1. The molecule has 2 aromatic heterocycles. The van der Waals surface area contributed by atoms with E-state index in [0.29, 0.717) is 18.6 Å². The van der Waals surface area contributed by atoms with Gasteiger partial charge in [0, 0.05) is 68.5 Å². The molecule has 3 aromatic rings. The van der Waals surface area contributed by atoms with Crippen LogP contribution in [0.15, 0.2) is 42.9 Å². The van der Waals surface area contributed by atoms with Crippen LogP contribution in [0.2, 0.25) is 0 Å². The van der Waals surface area contributed by atoms with E-state index in [1.165, 1.54) is 11.1 Å². The SMILES string of the molecule is CCOC(=O)Cn1cc(-c2cnc(NC3Cc4ccccc4C3)nc2)c(CN2CCN(C)CC2)n1. The number of fused-ring (bicyclic) bond motifs is 1. The number of hydrogen-bond donors (Lipinski definition) is 1. The summed E-state index contributed by atoms with van der Waals surface area (Å²) in [6.07, 6.45) is 7.56. The summed E-state index contributed by atoms with van der Waals surface area (Å²) in [7, 11) is 2.15. The Labute approximate surface area is 206 Å². The standard InChI is InChI=1S/C26H33N7O2/c1-3-35-25(34)18-33-16-23(24(30-33)17-32-10-8-31(2)9-11-32)21-14-27-26(28-15-21)29-22-12-19-6-4-5-7-20(19)13-22/h4-7,14-16,22H,3,8-13,17-18H2,1-2H3,(H,27,28,29). The van der Waals surface area contributed by atoms with Crippen molar-refractivity contribution in [2.45, 2.75) is 38.9 Å². The lowest BCUT2D eigenvalue weighted by atomic mass is 10.1. The monoisotopic (exact) mass is 475 g/mol. The van der Waals surface area contributed by atoms with Gasteiger partial charge in [0.2, 0.25) is 5.95 Å². The van der Waals surface area contributed by atoms with Crippen LogP contribution in [0.5, 0.6) is 0 Å². The van der Waals surface area contributed by atoms with Gasteiger partial charge in [-0.25, -0.2) is 9.97 Å².